The van der Waals surface area contributed by atoms with Gasteiger partial charge in [-0.05, 0) is 12.8 Å². The average molecular weight is 278 g/mol. The molecule has 1 aliphatic rings. The van der Waals surface area contributed by atoms with Gasteiger partial charge in [-0.15, -0.1) is 16.6 Å². The Labute approximate surface area is 115 Å². The number of rotatable bonds is 6. The third-order valence-corrected chi connectivity index (χ3v) is 3.67. The van der Waals surface area contributed by atoms with Crippen LogP contribution in [0.2, 0.25) is 0 Å². The van der Waals surface area contributed by atoms with Crippen LogP contribution in [0.5, 0.6) is 0 Å². The van der Waals surface area contributed by atoms with Crippen molar-refractivity contribution in [1.29, 1.82) is 0 Å². The zero-order valence-corrected chi connectivity index (χ0v) is 11.2. The summed E-state index contributed by atoms with van der Waals surface area (Å²) in [6.45, 7) is 0.460. The molecule has 2 amide bonds. The number of urea groups is 1. The molecule has 0 bridgehead atoms. The molecule has 100 valence electrons. The second kappa shape index (κ2) is 6.29. The molecule has 7 heteroatoms. The van der Waals surface area contributed by atoms with Crippen LogP contribution < -0.4 is 5.32 Å². The van der Waals surface area contributed by atoms with Crippen molar-refractivity contribution in [2.45, 2.75) is 25.2 Å². The lowest BCUT2D eigenvalue weighted by Crippen LogP contribution is -2.36. The Morgan fingerprint density at radius 1 is 1.58 bits per heavy atom. The van der Waals surface area contributed by atoms with E-state index in [-0.39, 0.29) is 19.0 Å². The van der Waals surface area contributed by atoms with Crippen molar-refractivity contribution in [3.8, 4) is 12.3 Å². The lowest BCUT2D eigenvalue weighted by molar-refractivity contribution is -0.108. The van der Waals surface area contributed by atoms with Gasteiger partial charge in [-0.3, -0.25) is 5.32 Å². The van der Waals surface area contributed by atoms with E-state index in [1.807, 2.05) is 0 Å². The summed E-state index contributed by atoms with van der Waals surface area (Å²) in [4.78, 5) is 23.7. The molecule has 0 atom stereocenters. The topological polar surface area (TPSA) is 75.2 Å². The Morgan fingerprint density at radius 3 is 3.00 bits per heavy atom. The van der Waals surface area contributed by atoms with Crippen molar-refractivity contribution in [2.75, 3.05) is 18.4 Å². The van der Waals surface area contributed by atoms with Crippen LogP contribution >= 0.6 is 11.3 Å². The summed E-state index contributed by atoms with van der Waals surface area (Å²) in [5.74, 6) is 2.91. The number of carbonyl (C=O) groups excluding carboxylic acids is 2. The monoisotopic (exact) mass is 278 g/mol. The molecule has 1 aliphatic carbocycles. The minimum atomic E-state index is -0.349. The van der Waals surface area contributed by atoms with E-state index in [0.717, 1.165) is 24.1 Å². The smallest absolute Gasteiger partial charge is 0.313 e. The Balaban J connectivity index is 1.92. The molecule has 1 N–H and O–H groups in total. The quantitative estimate of drug-likeness (QED) is 0.631. The number of hydrogen-bond donors (Lipinski definition) is 1. The van der Waals surface area contributed by atoms with Gasteiger partial charge in [0.2, 0.25) is 5.13 Å². The number of nitrogens with zero attached hydrogens (tertiary/aromatic N) is 3. The van der Waals surface area contributed by atoms with Gasteiger partial charge in [0, 0.05) is 18.9 Å². The van der Waals surface area contributed by atoms with Gasteiger partial charge in [-0.25, -0.2) is 4.79 Å². The van der Waals surface area contributed by atoms with Crippen molar-refractivity contribution >= 4 is 28.8 Å². The Hall–Kier alpha value is -1.94. The van der Waals surface area contributed by atoms with E-state index >= 15 is 0 Å². The standard InChI is InChI=1S/C12H14N4O2S/c1-2-6-16(7-3-8-17)12(18)13-11-15-14-10(19-11)9-4-5-9/h1,8-9H,3-7H2,(H,13,15,18). The molecule has 0 spiro atoms. The van der Waals surface area contributed by atoms with Gasteiger partial charge in [-0.1, -0.05) is 17.3 Å². The maximum Gasteiger partial charge on any atom is 0.324 e. The fourth-order valence-electron chi connectivity index (χ4n) is 1.52. The highest BCUT2D eigenvalue weighted by Crippen LogP contribution is 2.42. The lowest BCUT2D eigenvalue weighted by Gasteiger charge is -2.18. The molecule has 1 fully saturated rings. The van der Waals surface area contributed by atoms with Crippen molar-refractivity contribution < 1.29 is 9.59 Å². The number of nitrogens with one attached hydrogen (secondary N) is 1. The summed E-state index contributed by atoms with van der Waals surface area (Å²) in [5.41, 5.74) is 0. The zero-order valence-electron chi connectivity index (χ0n) is 10.3. The Kier molecular flexibility index (Phi) is 4.47. The molecule has 0 unspecified atom stereocenters. The molecule has 2 rings (SSSR count). The molecule has 0 aliphatic heterocycles. The highest BCUT2D eigenvalue weighted by molar-refractivity contribution is 7.15. The first-order chi connectivity index (χ1) is 9.24. The highest BCUT2D eigenvalue weighted by Gasteiger charge is 2.28. The average Bonchev–Trinajstić information content (AvgIpc) is 3.15. The zero-order chi connectivity index (χ0) is 13.7. The SMILES string of the molecule is C#CCN(CCC=O)C(=O)Nc1nnc(C2CC2)s1. The first-order valence-electron chi connectivity index (χ1n) is 6.01. The van der Waals surface area contributed by atoms with E-state index in [1.54, 1.807) is 0 Å². The summed E-state index contributed by atoms with van der Waals surface area (Å²) < 4.78 is 0. The van der Waals surface area contributed by atoms with Gasteiger partial charge in [0.25, 0.3) is 0 Å². The van der Waals surface area contributed by atoms with Crippen molar-refractivity contribution in [3.63, 3.8) is 0 Å². The van der Waals surface area contributed by atoms with Crippen molar-refractivity contribution in [3.05, 3.63) is 5.01 Å². The normalized spacial score (nSPS) is 13.6. The molecule has 1 aromatic heterocycles. The van der Waals surface area contributed by atoms with Gasteiger partial charge < -0.3 is 9.69 Å². The van der Waals surface area contributed by atoms with Crippen LogP contribution in [0, 0.1) is 12.3 Å². The van der Waals surface area contributed by atoms with Crippen LogP contribution in [0.3, 0.4) is 0 Å². The minimum Gasteiger partial charge on any atom is -0.313 e. The minimum absolute atomic E-state index is 0.161. The molecular formula is C12H14N4O2S. The van der Waals surface area contributed by atoms with Gasteiger partial charge >= 0.3 is 6.03 Å². The molecule has 6 nitrogen and oxygen atoms in total. The number of hydrogen-bond acceptors (Lipinski definition) is 5. The fourth-order valence-corrected chi connectivity index (χ4v) is 2.42. The maximum atomic E-state index is 11.9. The van der Waals surface area contributed by atoms with Crippen LogP contribution in [0.25, 0.3) is 0 Å². The van der Waals surface area contributed by atoms with E-state index < -0.39 is 0 Å². The second-order valence-electron chi connectivity index (χ2n) is 4.23. The number of aromatic nitrogens is 2. The third kappa shape index (κ3) is 3.76. The molecule has 1 heterocycles. The second-order valence-corrected chi connectivity index (χ2v) is 5.24. The van der Waals surface area contributed by atoms with Crippen LogP contribution in [-0.2, 0) is 4.79 Å². The fraction of sp³-hybridized carbons (Fsp3) is 0.500. The van der Waals surface area contributed by atoms with Gasteiger partial charge in [0.15, 0.2) is 0 Å². The highest BCUT2D eigenvalue weighted by atomic mass is 32.1. The summed E-state index contributed by atoms with van der Waals surface area (Å²) in [5, 5.41) is 12.1. The van der Waals surface area contributed by atoms with Crippen molar-refractivity contribution in [2.24, 2.45) is 0 Å². The maximum absolute atomic E-state index is 11.9. The molecule has 19 heavy (non-hydrogen) atoms. The van der Waals surface area contributed by atoms with Crippen molar-refractivity contribution in [1.82, 2.24) is 15.1 Å². The van der Waals surface area contributed by atoms with Gasteiger partial charge in [0.1, 0.15) is 11.3 Å². The third-order valence-electron chi connectivity index (χ3n) is 2.67. The number of anilines is 1. The van der Waals surface area contributed by atoms with E-state index in [9.17, 15) is 9.59 Å². The molecule has 0 aromatic carbocycles. The molecule has 0 radical (unpaired) electrons. The molecule has 1 saturated carbocycles. The predicted octanol–water partition coefficient (Wildman–Crippen LogP) is 1.47. The Bertz CT molecular complexity index is 504. The lowest BCUT2D eigenvalue weighted by atomic mass is 10.4. The van der Waals surface area contributed by atoms with E-state index in [4.69, 9.17) is 6.42 Å². The van der Waals surface area contributed by atoms with Gasteiger partial charge in [-0.2, -0.15) is 0 Å². The molecular weight excluding hydrogens is 264 g/mol. The number of amides is 2. The number of aldehydes is 1. The number of terminal acetylenes is 1. The molecule has 0 saturated heterocycles. The first kappa shape index (κ1) is 13.5. The van der Waals surface area contributed by atoms with Crippen LogP contribution in [-0.4, -0.2) is 40.5 Å². The van der Waals surface area contributed by atoms with E-state index in [1.165, 1.54) is 16.2 Å². The first-order valence-corrected chi connectivity index (χ1v) is 6.82. The van der Waals surface area contributed by atoms with E-state index in [2.05, 4.69) is 21.4 Å². The van der Waals surface area contributed by atoms with Gasteiger partial charge in [0.05, 0.1) is 6.54 Å². The van der Waals surface area contributed by atoms with Crippen LogP contribution in [0.1, 0.15) is 30.2 Å². The summed E-state index contributed by atoms with van der Waals surface area (Å²) >= 11 is 1.39. The van der Waals surface area contributed by atoms with Crippen LogP contribution in [0.15, 0.2) is 0 Å². The summed E-state index contributed by atoms with van der Waals surface area (Å²) in [6.07, 6.45) is 8.51. The Morgan fingerprint density at radius 2 is 2.37 bits per heavy atom. The summed E-state index contributed by atoms with van der Waals surface area (Å²) in [7, 11) is 0. The number of carbonyl (C=O) groups is 2. The van der Waals surface area contributed by atoms with Crippen LogP contribution in [0.4, 0.5) is 9.93 Å². The summed E-state index contributed by atoms with van der Waals surface area (Å²) in [6, 6.07) is -0.349. The largest absolute Gasteiger partial charge is 0.324 e. The predicted molar refractivity (Wildman–Crippen MR) is 72.0 cm³/mol. The molecule has 1 aromatic rings. The van der Waals surface area contributed by atoms with E-state index in [0.29, 0.717) is 17.6 Å².